The highest BCUT2D eigenvalue weighted by Crippen LogP contribution is 2.18. The van der Waals surface area contributed by atoms with E-state index in [-0.39, 0.29) is 0 Å². The molecule has 0 aliphatic carbocycles. The Hall–Kier alpha value is -0.340. The van der Waals surface area contributed by atoms with Crippen molar-refractivity contribution in [2.75, 3.05) is 0 Å². The fourth-order valence-corrected chi connectivity index (χ4v) is 1.91. The maximum atomic E-state index is 3.54. The quantitative estimate of drug-likeness (QED) is 0.756. The minimum Gasteiger partial charge on any atom is -0.307 e. The molecule has 0 amide bonds. The van der Waals surface area contributed by atoms with Gasteiger partial charge in [0.25, 0.3) is 0 Å². The molecule has 1 heterocycles. The molecule has 1 rings (SSSR count). The zero-order valence-corrected chi connectivity index (χ0v) is 8.82. The van der Waals surface area contributed by atoms with Gasteiger partial charge in [0, 0.05) is 17.0 Å². The van der Waals surface area contributed by atoms with E-state index in [2.05, 4.69) is 43.6 Å². The zero-order valence-electron chi connectivity index (χ0n) is 8.00. The van der Waals surface area contributed by atoms with Crippen LogP contribution in [-0.2, 0) is 0 Å². The summed E-state index contributed by atoms with van der Waals surface area (Å²) in [5, 5.41) is 5.67. The van der Waals surface area contributed by atoms with Gasteiger partial charge in [-0.25, -0.2) is 0 Å². The van der Waals surface area contributed by atoms with E-state index in [0.29, 0.717) is 12.1 Å². The van der Waals surface area contributed by atoms with E-state index in [1.807, 2.05) is 11.3 Å². The summed E-state index contributed by atoms with van der Waals surface area (Å²) in [5.41, 5.74) is 0. The highest BCUT2D eigenvalue weighted by Gasteiger charge is 2.07. The van der Waals surface area contributed by atoms with Crippen molar-refractivity contribution in [3.8, 4) is 0 Å². The van der Waals surface area contributed by atoms with Gasteiger partial charge in [-0.1, -0.05) is 13.0 Å². The fraction of sp³-hybridized carbons (Fsp3) is 0.600. The van der Waals surface area contributed by atoms with Gasteiger partial charge in [-0.05, 0) is 31.7 Å². The molecule has 68 valence electrons. The fourth-order valence-electron chi connectivity index (χ4n) is 1.16. The van der Waals surface area contributed by atoms with Gasteiger partial charge >= 0.3 is 0 Å². The number of hydrogen-bond donors (Lipinski definition) is 1. The maximum absolute atomic E-state index is 3.54. The van der Waals surface area contributed by atoms with Crippen LogP contribution in [0.15, 0.2) is 17.5 Å². The summed E-state index contributed by atoms with van der Waals surface area (Å²) in [7, 11) is 0. The normalized spacial score (nSPS) is 15.9. The highest BCUT2D eigenvalue weighted by molar-refractivity contribution is 7.10. The number of thiophene rings is 1. The standard InChI is InChI=1S/C10H17NS/c1-4-8(2)11-9(3)10-6-5-7-12-10/h5-9,11H,4H2,1-3H3/t8-,9+/m0/s1. The van der Waals surface area contributed by atoms with Crippen molar-refractivity contribution in [1.82, 2.24) is 5.32 Å². The Bertz CT molecular complexity index is 206. The van der Waals surface area contributed by atoms with E-state index in [4.69, 9.17) is 0 Å². The molecule has 1 N–H and O–H groups in total. The van der Waals surface area contributed by atoms with Crippen molar-refractivity contribution in [2.24, 2.45) is 0 Å². The van der Waals surface area contributed by atoms with Crippen LogP contribution in [0.4, 0.5) is 0 Å². The van der Waals surface area contributed by atoms with Gasteiger partial charge in [0.05, 0.1) is 0 Å². The van der Waals surface area contributed by atoms with E-state index in [0.717, 1.165) is 0 Å². The van der Waals surface area contributed by atoms with Crippen LogP contribution >= 0.6 is 11.3 Å². The van der Waals surface area contributed by atoms with Crippen molar-refractivity contribution in [1.29, 1.82) is 0 Å². The molecule has 1 aromatic heterocycles. The predicted octanol–water partition coefficient (Wildman–Crippen LogP) is 3.20. The van der Waals surface area contributed by atoms with Crippen molar-refractivity contribution in [2.45, 2.75) is 39.3 Å². The monoisotopic (exact) mass is 183 g/mol. The molecule has 0 aliphatic heterocycles. The van der Waals surface area contributed by atoms with Crippen LogP contribution in [0.2, 0.25) is 0 Å². The van der Waals surface area contributed by atoms with Crippen LogP contribution in [0.1, 0.15) is 38.1 Å². The Morgan fingerprint density at radius 2 is 2.25 bits per heavy atom. The van der Waals surface area contributed by atoms with E-state index in [1.54, 1.807) is 0 Å². The molecule has 0 aliphatic rings. The Balaban J connectivity index is 2.44. The lowest BCUT2D eigenvalue weighted by atomic mass is 10.2. The minimum absolute atomic E-state index is 0.500. The van der Waals surface area contributed by atoms with Crippen molar-refractivity contribution in [3.05, 3.63) is 22.4 Å². The molecular weight excluding hydrogens is 166 g/mol. The SMILES string of the molecule is CC[C@H](C)N[C@H](C)c1cccs1. The largest absolute Gasteiger partial charge is 0.307 e. The smallest absolute Gasteiger partial charge is 0.0388 e. The molecule has 2 atom stereocenters. The summed E-state index contributed by atoms with van der Waals surface area (Å²) in [4.78, 5) is 1.43. The van der Waals surface area contributed by atoms with E-state index < -0.39 is 0 Å². The molecule has 0 saturated carbocycles. The first kappa shape index (κ1) is 9.75. The Morgan fingerprint density at radius 3 is 2.75 bits per heavy atom. The molecule has 1 aromatic rings. The second-order valence-corrected chi connectivity index (χ2v) is 4.19. The van der Waals surface area contributed by atoms with Gasteiger partial charge < -0.3 is 5.32 Å². The third-order valence-corrected chi connectivity index (χ3v) is 3.17. The van der Waals surface area contributed by atoms with E-state index >= 15 is 0 Å². The van der Waals surface area contributed by atoms with Gasteiger partial charge in [0.2, 0.25) is 0 Å². The van der Waals surface area contributed by atoms with Crippen LogP contribution in [0.5, 0.6) is 0 Å². The maximum Gasteiger partial charge on any atom is 0.0388 e. The summed E-state index contributed by atoms with van der Waals surface area (Å²) >= 11 is 1.82. The topological polar surface area (TPSA) is 12.0 Å². The Kier molecular flexibility index (Phi) is 3.76. The molecule has 0 radical (unpaired) electrons. The lowest BCUT2D eigenvalue weighted by molar-refractivity contribution is 0.474. The summed E-state index contributed by atoms with van der Waals surface area (Å²) in [6.45, 7) is 6.65. The van der Waals surface area contributed by atoms with Crippen LogP contribution in [-0.4, -0.2) is 6.04 Å². The molecule has 0 spiro atoms. The van der Waals surface area contributed by atoms with Gasteiger partial charge in [0.1, 0.15) is 0 Å². The molecule has 1 nitrogen and oxygen atoms in total. The van der Waals surface area contributed by atoms with Gasteiger partial charge in [-0.2, -0.15) is 0 Å². The zero-order chi connectivity index (χ0) is 8.97. The van der Waals surface area contributed by atoms with Crippen LogP contribution in [0.3, 0.4) is 0 Å². The molecule has 2 heteroatoms. The van der Waals surface area contributed by atoms with Gasteiger partial charge in [-0.15, -0.1) is 11.3 Å². The third-order valence-electron chi connectivity index (χ3n) is 2.12. The van der Waals surface area contributed by atoms with Crippen molar-refractivity contribution in [3.63, 3.8) is 0 Å². The minimum atomic E-state index is 0.500. The van der Waals surface area contributed by atoms with Crippen molar-refractivity contribution >= 4 is 11.3 Å². The predicted molar refractivity (Wildman–Crippen MR) is 55.6 cm³/mol. The van der Waals surface area contributed by atoms with E-state index in [1.165, 1.54) is 11.3 Å². The molecule has 0 saturated heterocycles. The van der Waals surface area contributed by atoms with Crippen LogP contribution in [0, 0.1) is 0 Å². The molecule has 0 aromatic carbocycles. The summed E-state index contributed by atoms with van der Waals surface area (Å²) < 4.78 is 0. The molecular formula is C10H17NS. The molecule has 12 heavy (non-hydrogen) atoms. The molecule has 0 bridgehead atoms. The first-order valence-electron chi connectivity index (χ1n) is 4.53. The second-order valence-electron chi connectivity index (χ2n) is 3.21. The number of hydrogen-bond acceptors (Lipinski definition) is 2. The second kappa shape index (κ2) is 4.63. The summed E-state index contributed by atoms with van der Waals surface area (Å²) in [6.07, 6.45) is 1.19. The van der Waals surface area contributed by atoms with Gasteiger partial charge in [0.15, 0.2) is 0 Å². The summed E-state index contributed by atoms with van der Waals surface area (Å²) in [6, 6.07) is 5.40. The average Bonchev–Trinajstić information content (AvgIpc) is 2.56. The molecule has 0 fully saturated rings. The van der Waals surface area contributed by atoms with Crippen LogP contribution in [0.25, 0.3) is 0 Å². The Labute approximate surface area is 78.8 Å². The molecule has 0 unspecified atom stereocenters. The first-order chi connectivity index (χ1) is 5.74. The first-order valence-corrected chi connectivity index (χ1v) is 5.41. The van der Waals surface area contributed by atoms with E-state index in [9.17, 15) is 0 Å². The lowest BCUT2D eigenvalue weighted by Gasteiger charge is -2.17. The lowest BCUT2D eigenvalue weighted by Crippen LogP contribution is -2.27. The number of rotatable bonds is 4. The number of nitrogens with one attached hydrogen (secondary N) is 1. The summed E-state index contributed by atoms with van der Waals surface area (Å²) in [5.74, 6) is 0. The van der Waals surface area contributed by atoms with Crippen molar-refractivity contribution < 1.29 is 0 Å². The Morgan fingerprint density at radius 1 is 1.50 bits per heavy atom. The average molecular weight is 183 g/mol. The van der Waals surface area contributed by atoms with Crippen LogP contribution < -0.4 is 5.32 Å². The van der Waals surface area contributed by atoms with Gasteiger partial charge in [-0.3, -0.25) is 0 Å². The third kappa shape index (κ3) is 2.61. The highest BCUT2D eigenvalue weighted by atomic mass is 32.1.